The number of carboxylic acids is 1. The number of carbonyl (C=O) groups excluding carboxylic acids is 1. The van der Waals surface area contributed by atoms with Crippen molar-refractivity contribution in [1.29, 1.82) is 0 Å². The minimum atomic E-state index is -1.00. The number of carbonyl (C=O) groups is 2. The number of hydrogen-bond acceptors (Lipinski definition) is 3. The zero-order valence-electron chi connectivity index (χ0n) is 12.1. The minimum absolute atomic E-state index is 0.145. The van der Waals surface area contributed by atoms with Crippen molar-refractivity contribution < 1.29 is 19.4 Å². The molecule has 1 atom stereocenters. The first-order valence-electron chi connectivity index (χ1n) is 6.59. The summed E-state index contributed by atoms with van der Waals surface area (Å²) in [5, 5.41) is 11.6. The van der Waals surface area contributed by atoms with Crippen LogP contribution < -0.4 is 10.1 Å². The number of carboxylic acid groups (broad SMARTS) is 1. The SMILES string of the molecule is COc1cccc(CCC(=O)N[C@@H](C(=O)O)C(C)C)c1. The molecule has 0 heterocycles. The Morgan fingerprint density at radius 3 is 2.60 bits per heavy atom. The molecule has 110 valence electrons. The summed E-state index contributed by atoms with van der Waals surface area (Å²) < 4.78 is 5.11. The molecule has 20 heavy (non-hydrogen) atoms. The summed E-state index contributed by atoms with van der Waals surface area (Å²) >= 11 is 0. The molecule has 0 spiro atoms. The van der Waals surface area contributed by atoms with Gasteiger partial charge in [-0.05, 0) is 30.0 Å². The van der Waals surface area contributed by atoms with Crippen LogP contribution in [0.15, 0.2) is 24.3 Å². The predicted octanol–water partition coefficient (Wildman–Crippen LogP) is 1.85. The topological polar surface area (TPSA) is 75.6 Å². The van der Waals surface area contributed by atoms with E-state index in [2.05, 4.69) is 5.32 Å². The van der Waals surface area contributed by atoms with Crippen molar-refractivity contribution in [2.75, 3.05) is 7.11 Å². The molecule has 5 heteroatoms. The molecular formula is C15H21NO4. The monoisotopic (exact) mass is 279 g/mol. The second kappa shape index (κ2) is 7.53. The third-order valence-corrected chi connectivity index (χ3v) is 3.02. The van der Waals surface area contributed by atoms with Gasteiger partial charge in [-0.2, -0.15) is 0 Å². The van der Waals surface area contributed by atoms with Crippen molar-refractivity contribution in [3.63, 3.8) is 0 Å². The lowest BCUT2D eigenvalue weighted by atomic mass is 10.0. The van der Waals surface area contributed by atoms with E-state index >= 15 is 0 Å². The Bertz CT molecular complexity index is 471. The van der Waals surface area contributed by atoms with Gasteiger partial charge in [0.15, 0.2) is 0 Å². The average Bonchev–Trinajstić information content (AvgIpc) is 2.42. The first-order valence-corrected chi connectivity index (χ1v) is 6.59. The van der Waals surface area contributed by atoms with Crippen LogP contribution in [-0.2, 0) is 16.0 Å². The fourth-order valence-corrected chi connectivity index (χ4v) is 1.85. The Kier molecular flexibility index (Phi) is 6.03. The standard InChI is InChI=1S/C15H21NO4/c1-10(2)14(15(18)19)16-13(17)8-7-11-5-4-6-12(9-11)20-3/h4-6,9-10,14H,7-8H2,1-3H3,(H,16,17)(H,18,19)/t14-/m1/s1. The number of ether oxygens (including phenoxy) is 1. The summed E-state index contributed by atoms with van der Waals surface area (Å²) in [7, 11) is 1.59. The van der Waals surface area contributed by atoms with E-state index in [4.69, 9.17) is 9.84 Å². The molecule has 2 N–H and O–H groups in total. The second-order valence-corrected chi connectivity index (χ2v) is 4.98. The summed E-state index contributed by atoms with van der Waals surface area (Å²) in [4.78, 5) is 22.8. The van der Waals surface area contributed by atoms with E-state index < -0.39 is 12.0 Å². The van der Waals surface area contributed by atoms with Crippen LogP contribution in [0.1, 0.15) is 25.8 Å². The highest BCUT2D eigenvalue weighted by Gasteiger charge is 2.22. The maximum absolute atomic E-state index is 11.8. The molecular weight excluding hydrogens is 258 g/mol. The zero-order chi connectivity index (χ0) is 15.1. The number of methoxy groups -OCH3 is 1. The van der Waals surface area contributed by atoms with E-state index in [1.807, 2.05) is 24.3 Å². The Morgan fingerprint density at radius 1 is 1.35 bits per heavy atom. The fraction of sp³-hybridized carbons (Fsp3) is 0.467. The summed E-state index contributed by atoms with van der Waals surface area (Å²) in [5.74, 6) is -0.662. The van der Waals surface area contributed by atoms with Gasteiger partial charge >= 0.3 is 5.97 Å². The van der Waals surface area contributed by atoms with Gasteiger partial charge in [-0.25, -0.2) is 4.79 Å². The molecule has 0 bridgehead atoms. The minimum Gasteiger partial charge on any atom is -0.497 e. The Hall–Kier alpha value is -2.04. The van der Waals surface area contributed by atoms with E-state index in [-0.39, 0.29) is 18.2 Å². The molecule has 0 saturated heterocycles. The molecule has 0 aliphatic carbocycles. The van der Waals surface area contributed by atoms with Crippen molar-refractivity contribution in [3.8, 4) is 5.75 Å². The van der Waals surface area contributed by atoms with Gasteiger partial charge in [0, 0.05) is 6.42 Å². The van der Waals surface area contributed by atoms with Gasteiger partial charge in [0.1, 0.15) is 11.8 Å². The summed E-state index contributed by atoms with van der Waals surface area (Å²) in [6.45, 7) is 3.53. The number of aryl methyl sites for hydroxylation is 1. The van der Waals surface area contributed by atoms with Crippen LogP contribution in [0.5, 0.6) is 5.75 Å². The molecule has 0 aromatic heterocycles. The van der Waals surface area contributed by atoms with Crippen molar-refractivity contribution in [2.45, 2.75) is 32.7 Å². The highest BCUT2D eigenvalue weighted by Crippen LogP contribution is 2.14. The molecule has 0 aliphatic rings. The number of aliphatic carboxylic acids is 1. The van der Waals surface area contributed by atoms with E-state index in [1.54, 1.807) is 21.0 Å². The highest BCUT2D eigenvalue weighted by atomic mass is 16.5. The van der Waals surface area contributed by atoms with Crippen LogP contribution in [-0.4, -0.2) is 30.1 Å². The average molecular weight is 279 g/mol. The Balaban J connectivity index is 2.52. The molecule has 1 aromatic carbocycles. The van der Waals surface area contributed by atoms with Crippen LogP contribution in [0, 0.1) is 5.92 Å². The molecule has 1 amide bonds. The van der Waals surface area contributed by atoms with Gasteiger partial charge in [-0.1, -0.05) is 26.0 Å². The number of amides is 1. The van der Waals surface area contributed by atoms with Crippen molar-refractivity contribution in [2.24, 2.45) is 5.92 Å². The Labute approximate surface area is 118 Å². The van der Waals surface area contributed by atoms with Crippen LogP contribution in [0.25, 0.3) is 0 Å². The number of hydrogen-bond donors (Lipinski definition) is 2. The second-order valence-electron chi connectivity index (χ2n) is 4.98. The van der Waals surface area contributed by atoms with Crippen LogP contribution >= 0.6 is 0 Å². The molecule has 0 unspecified atom stereocenters. The molecule has 0 saturated carbocycles. The van der Waals surface area contributed by atoms with Crippen LogP contribution in [0.3, 0.4) is 0 Å². The first-order chi connectivity index (χ1) is 9.43. The fourth-order valence-electron chi connectivity index (χ4n) is 1.85. The third kappa shape index (κ3) is 4.91. The van der Waals surface area contributed by atoms with Crippen molar-refractivity contribution >= 4 is 11.9 Å². The third-order valence-electron chi connectivity index (χ3n) is 3.02. The summed E-state index contributed by atoms with van der Waals surface area (Å²) in [6, 6.07) is 6.63. The molecule has 1 rings (SSSR count). The van der Waals surface area contributed by atoms with Gasteiger partial charge in [0.25, 0.3) is 0 Å². The molecule has 1 aromatic rings. The lowest BCUT2D eigenvalue weighted by Crippen LogP contribution is -2.44. The van der Waals surface area contributed by atoms with Crippen molar-refractivity contribution in [1.82, 2.24) is 5.32 Å². The van der Waals surface area contributed by atoms with Gasteiger partial charge in [0.05, 0.1) is 7.11 Å². The van der Waals surface area contributed by atoms with E-state index in [9.17, 15) is 9.59 Å². The summed E-state index contributed by atoms with van der Waals surface area (Å²) in [5.41, 5.74) is 0.982. The van der Waals surface area contributed by atoms with Gasteiger partial charge in [-0.15, -0.1) is 0 Å². The summed E-state index contributed by atoms with van der Waals surface area (Å²) in [6.07, 6.45) is 0.803. The molecule has 0 radical (unpaired) electrons. The molecule has 0 fully saturated rings. The Morgan fingerprint density at radius 2 is 2.05 bits per heavy atom. The van der Waals surface area contributed by atoms with E-state index in [0.29, 0.717) is 6.42 Å². The number of nitrogens with one attached hydrogen (secondary N) is 1. The lowest BCUT2D eigenvalue weighted by Gasteiger charge is -2.17. The first kappa shape index (κ1) is 16.0. The van der Waals surface area contributed by atoms with E-state index in [0.717, 1.165) is 11.3 Å². The quantitative estimate of drug-likeness (QED) is 0.798. The van der Waals surface area contributed by atoms with Crippen LogP contribution in [0.2, 0.25) is 0 Å². The smallest absolute Gasteiger partial charge is 0.326 e. The van der Waals surface area contributed by atoms with Gasteiger partial charge in [0.2, 0.25) is 5.91 Å². The normalized spacial score (nSPS) is 12.0. The molecule has 0 aliphatic heterocycles. The van der Waals surface area contributed by atoms with Crippen molar-refractivity contribution in [3.05, 3.63) is 29.8 Å². The van der Waals surface area contributed by atoms with E-state index in [1.165, 1.54) is 0 Å². The van der Waals surface area contributed by atoms with Gasteiger partial charge in [-0.3, -0.25) is 4.79 Å². The number of rotatable bonds is 7. The number of benzene rings is 1. The molecule has 5 nitrogen and oxygen atoms in total. The zero-order valence-corrected chi connectivity index (χ0v) is 12.1. The maximum Gasteiger partial charge on any atom is 0.326 e. The van der Waals surface area contributed by atoms with Gasteiger partial charge < -0.3 is 15.2 Å². The highest BCUT2D eigenvalue weighted by molar-refractivity contribution is 5.83. The lowest BCUT2D eigenvalue weighted by molar-refractivity contribution is -0.143. The predicted molar refractivity (Wildman–Crippen MR) is 75.7 cm³/mol. The largest absolute Gasteiger partial charge is 0.497 e. The maximum atomic E-state index is 11.8. The van der Waals surface area contributed by atoms with Crippen LogP contribution in [0.4, 0.5) is 0 Å².